The van der Waals surface area contributed by atoms with Gasteiger partial charge in [0, 0.05) is 6.54 Å². The molecule has 132 valence electrons. The molecule has 2 aromatic rings. The Morgan fingerprint density at radius 2 is 1.96 bits per heavy atom. The van der Waals surface area contributed by atoms with Crippen LogP contribution in [-0.4, -0.2) is 42.7 Å². The summed E-state index contributed by atoms with van der Waals surface area (Å²) in [7, 11) is 1.66. The molecule has 0 aromatic heterocycles. The molecular weight excluding hydrogens is 316 g/mol. The Hall–Kier alpha value is -2.53. The Kier molecular flexibility index (Phi) is 5.56. The van der Waals surface area contributed by atoms with Gasteiger partial charge in [0.25, 0.3) is 5.91 Å². The Labute approximate surface area is 148 Å². The van der Waals surface area contributed by atoms with Gasteiger partial charge in [-0.25, -0.2) is 0 Å². The van der Waals surface area contributed by atoms with Gasteiger partial charge in [0.05, 0.1) is 18.7 Å². The molecule has 2 N–H and O–H groups in total. The Morgan fingerprint density at radius 3 is 2.68 bits per heavy atom. The number of methoxy groups -OCH3 is 1. The van der Waals surface area contributed by atoms with Crippen molar-refractivity contribution in [3.8, 4) is 11.5 Å². The van der Waals surface area contributed by atoms with Gasteiger partial charge in [0.2, 0.25) is 0 Å². The van der Waals surface area contributed by atoms with Crippen LogP contribution in [-0.2, 0) is 0 Å². The first-order chi connectivity index (χ1) is 12.2. The number of nitrogens with zero attached hydrogens (tertiary/aromatic N) is 1. The number of hydrogen-bond donors (Lipinski definition) is 2. The molecule has 1 atom stereocenters. The maximum Gasteiger partial charge on any atom is 0.255 e. The summed E-state index contributed by atoms with van der Waals surface area (Å²) in [4.78, 5) is 14.8. The number of nitrogens with one attached hydrogen (secondary N) is 1. The van der Waals surface area contributed by atoms with E-state index in [0.29, 0.717) is 12.1 Å². The van der Waals surface area contributed by atoms with Crippen molar-refractivity contribution in [3.05, 3.63) is 59.7 Å². The van der Waals surface area contributed by atoms with Crippen molar-refractivity contribution in [2.24, 2.45) is 0 Å². The fourth-order valence-corrected chi connectivity index (χ4v) is 3.31. The number of phenolic OH excluding ortho intramolecular Hbond substituents is 1. The zero-order valence-electron chi connectivity index (χ0n) is 14.4. The average Bonchev–Trinajstić information content (AvgIpc) is 3.16. The Bertz CT molecular complexity index is 726. The van der Waals surface area contributed by atoms with Crippen molar-refractivity contribution in [2.75, 3.05) is 26.7 Å². The number of para-hydroxylation sites is 1. The molecular formula is C20H24N2O3. The molecule has 0 aliphatic carbocycles. The van der Waals surface area contributed by atoms with Crippen molar-refractivity contribution in [1.29, 1.82) is 0 Å². The van der Waals surface area contributed by atoms with Crippen LogP contribution in [0.3, 0.4) is 0 Å². The van der Waals surface area contributed by atoms with Crippen LogP contribution in [0.1, 0.15) is 34.8 Å². The fourth-order valence-electron chi connectivity index (χ4n) is 3.31. The summed E-state index contributed by atoms with van der Waals surface area (Å²) in [5.74, 6) is 0.554. The van der Waals surface area contributed by atoms with Gasteiger partial charge in [-0.3, -0.25) is 9.69 Å². The van der Waals surface area contributed by atoms with Gasteiger partial charge < -0.3 is 15.2 Å². The third-order valence-corrected chi connectivity index (χ3v) is 4.66. The van der Waals surface area contributed by atoms with Crippen LogP contribution in [0.2, 0.25) is 0 Å². The largest absolute Gasteiger partial charge is 0.507 e. The molecule has 1 unspecified atom stereocenters. The monoisotopic (exact) mass is 340 g/mol. The molecule has 2 aromatic carbocycles. The third-order valence-electron chi connectivity index (χ3n) is 4.66. The van der Waals surface area contributed by atoms with E-state index in [0.717, 1.165) is 24.4 Å². The molecule has 0 radical (unpaired) electrons. The summed E-state index contributed by atoms with van der Waals surface area (Å²) in [6.45, 7) is 2.53. The lowest BCUT2D eigenvalue weighted by Gasteiger charge is -2.28. The van der Waals surface area contributed by atoms with E-state index in [9.17, 15) is 9.90 Å². The molecule has 1 saturated heterocycles. The Morgan fingerprint density at radius 1 is 1.20 bits per heavy atom. The van der Waals surface area contributed by atoms with Crippen molar-refractivity contribution in [3.63, 3.8) is 0 Å². The van der Waals surface area contributed by atoms with Gasteiger partial charge >= 0.3 is 0 Å². The van der Waals surface area contributed by atoms with Crippen molar-refractivity contribution in [2.45, 2.75) is 18.9 Å². The lowest BCUT2D eigenvalue weighted by atomic mass is 10.0. The van der Waals surface area contributed by atoms with Crippen LogP contribution in [0.25, 0.3) is 0 Å². The number of phenols is 1. The number of aromatic hydroxyl groups is 1. The van der Waals surface area contributed by atoms with E-state index in [-0.39, 0.29) is 17.7 Å². The van der Waals surface area contributed by atoms with Gasteiger partial charge in [0.15, 0.2) is 0 Å². The SMILES string of the molecule is COc1cccc(C(CNC(=O)c2ccccc2O)N2CCCC2)c1. The number of rotatable bonds is 6. The predicted molar refractivity (Wildman–Crippen MR) is 97.0 cm³/mol. The molecule has 1 amide bonds. The van der Waals surface area contributed by atoms with Gasteiger partial charge in [0.1, 0.15) is 11.5 Å². The first-order valence-electron chi connectivity index (χ1n) is 8.63. The molecule has 0 spiro atoms. The minimum Gasteiger partial charge on any atom is -0.507 e. The zero-order valence-corrected chi connectivity index (χ0v) is 14.4. The minimum absolute atomic E-state index is 0.000831. The summed E-state index contributed by atoms with van der Waals surface area (Å²) in [5, 5.41) is 12.8. The molecule has 1 fully saturated rings. The molecule has 0 bridgehead atoms. The van der Waals surface area contributed by atoms with Crippen LogP contribution in [0.5, 0.6) is 11.5 Å². The number of hydrogen-bond acceptors (Lipinski definition) is 4. The van der Waals surface area contributed by atoms with E-state index < -0.39 is 0 Å². The zero-order chi connectivity index (χ0) is 17.6. The highest BCUT2D eigenvalue weighted by molar-refractivity contribution is 5.96. The highest BCUT2D eigenvalue weighted by Gasteiger charge is 2.24. The van der Waals surface area contributed by atoms with Crippen molar-refractivity contribution >= 4 is 5.91 Å². The van der Waals surface area contributed by atoms with Crippen molar-refractivity contribution in [1.82, 2.24) is 10.2 Å². The summed E-state index contributed by atoms with van der Waals surface area (Å²) in [6.07, 6.45) is 2.35. The minimum atomic E-state index is -0.259. The second-order valence-corrected chi connectivity index (χ2v) is 6.26. The van der Waals surface area contributed by atoms with Crippen molar-refractivity contribution < 1.29 is 14.6 Å². The summed E-state index contributed by atoms with van der Waals surface area (Å²) < 4.78 is 5.34. The second-order valence-electron chi connectivity index (χ2n) is 6.26. The van der Waals surface area contributed by atoms with Gasteiger partial charge in [-0.1, -0.05) is 24.3 Å². The Balaban J connectivity index is 1.76. The van der Waals surface area contributed by atoms with Gasteiger partial charge in [-0.2, -0.15) is 0 Å². The van der Waals surface area contributed by atoms with Crippen LogP contribution < -0.4 is 10.1 Å². The molecule has 5 heteroatoms. The summed E-state index contributed by atoms with van der Waals surface area (Å²) in [6, 6.07) is 14.7. The predicted octanol–water partition coefficient (Wildman–Crippen LogP) is 2.97. The number of carbonyl (C=O) groups excluding carboxylic acids is 1. The van der Waals surface area contributed by atoms with E-state index in [1.165, 1.54) is 18.9 Å². The number of benzene rings is 2. The van der Waals surface area contributed by atoms with E-state index >= 15 is 0 Å². The fraction of sp³-hybridized carbons (Fsp3) is 0.350. The molecule has 1 aliphatic heterocycles. The first-order valence-corrected chi connectivity index (χ1v) is 8.63. The number of carbonyl (C=O) groups is 1. The van der Waals surface area contributed by atoms with E-state index in [2.05, 4.69) is 16.3 Å². The van der Waals surface area contributed by atoms with Crippen LogP contribution >= 0.6 is 0 Å². The quantitative estimate of drug-likeness (QED) is 0.849. The summed E-state index contributed by atoms with van der Waals surface area (Å²) in [5.41, 5.74) is 1.42. The molecule has 1 aliphatic rings. The number of amides is 1. The highest BCUT2D eigenvalue weighted by atomic mass is 16.5. The van der Waals surface area contributed by atoms with Crippen LogP contribution in [0.15, 0.2) is 48.5 Å². The van der Waals surface area contributed by atoms with E-state index in [1.54, 1.807) is 25.3 Å². The number of likely N-dealkylation sites (tertiary alicyclic amines) is 1. The normalized spacial score (nSPS) is 15.7. The van der Waals surface area contributed by atoms with Gasteiger partial charge in [-0.15, -0.1) is 0 Å². The van der Waals surface area contributed by atoms with Gasteiger partial charge in [-0.05, 0) is 55.8 Å². The lowest BCUT2D eigenvalue weighted by molar-refractivity contribution is 0.0935. The first kappa shape index (κ1) is 17.3. The molecule has 0 saturated carbocycles. The lowest BCUT2D eigenvalue weighted by Crippen LogP contribution is -2.36. The third kappa shape index (κ3) is 4.12. The number of ether oxygens (including phenoxy) is 1. The summed E-state index contributed by atoms with van der Waals surface area (Å²) >= 11 is 0. The van der Waals surface area contributed by atoms with Crippen LogP contribution in [0.4, 0.5) is 0 Å². The van der Waals surface area contributed by atoms with Crippen LogP contribution in [0, 0.1) is 0 Å². The molecule has 3 rings (SSSR count). The van der Waals surface area contributed by atoms with E-state index in [1.807, 2.05) is 18.2 Å². The van der Waals surface area contributed by atoms with E-state index in [4.69, 9.17) is 4.74 Å². The average molecular weight is 340 g/mol. The molecule has 25 heavy (non-hydrogen) atoms. The maximum absolute atomic E-state index is 12.4. The molecule has 1 heterocycles. The second kappa shape index (κ2) is 8.03. The maximum atomic E-state index is 12.4. The topological polar surface area (TPSA) is 61.8 Å². The molecule has 5 nitrogen and oxygen atoms in total. The standard InChI is InChI=1S/C20H24N2O3/c1-25-16-8-6-7-15(13-16)18(22-11-4-5-12-22)14-21-20(24)17-9-2-3-10-19(17)23/h2-3,6-10,13,18,23H,4-5,11-12,14H2,1H3,(H,21,24). The highest BCUT2D eigenvalue weighted by Crippen LogP contribution is 2.27. The smallest absolute Gasteiger partial charge is 0.255 e.